The minimum absolute atomic E-state index is 0.267. The highest BCUT2D eigenvalue weighted by Crippen LogP contribution is 2.32. The molecule has 1 fully saturated rings. The van der Waals surface area contributed by atoms with E-state index in [1.54, 1.807) is 0 Å². The number of rotatable bonds is 7. The number of nitrogens with zero attached hydrogens (tertiary/aromatic N) is 5. The Morgan fingerprint density at radius 1 is 1.00 bits per heavy atom. The Bertz CT molecular complexity index is 915. The molecule has 3 heterocycles. The summed E-state index contributed by atoms with van der Waals surface area (Å²) in [4.78, 5) is 2.10. The molecule has 0 saturated carbocycles. The van der Waals surface area contributed by atoms with Crippen molar-refractivity contribution in [3.05, 3.63) is 41.5 Å². The summed E-state index contributed by atoms with van der Waals surface area (Å²) in [6, 6.07) is 8.36. The van der Waals surface area contributed by atoms with E-state index < -0.39 is 12.0 Å². The van der Waals surface area contributed by atoms with Gasteiger partial charge in [-0.05, 0) is 42.9 Å². The minimum atomic E-state index is -4.56. The predicted octanol–water partition coefficient (Wildman–Crippen LogP) is 5.24. The highest BCUT2D eigenvalue weighted by molar-refractivity contribution is 5.83. The Kier molecular flexibility index (Phi) is 7.01. The van der Waals surface area contributed by atoms with Gasteiger partial charge in [-0.3, -0.25) is 0 Å². The van der Waals surface area contributed by atoms with Crippen molar-refractivity contribution in [2.75, 3.05) is 19.7 Å². The van der Waals surface area contributed by atoms with Gasteiger partial charge in [0.25, 0.3) is 5.82 Å². The van der Waals surface area contributed by atoms with E-state index in [1.165, 1.54) is 24.8 Å². The van der Waals surface area contributed by atoms with Gasteiger partial charge in [0.2, 0.25) is 0 Å². The average Bonchev–Trinajstić information content (AvgIpc) is 3.23. The van der Waals surface area contributed by atoms with E-state index in [9.17, 15) is 13.2 Å². The van der Waals surface area contributed by atoms with Gasteiger partial charge >= 0.3 is 6.18 Å². The van der Waals surface area contributed by atoms with Crippen LogP contribution >= 0.6 is 0 Å². The first-order valence-corrected chi connectivity index (χ1v) is 11.5. The number of unbranched alkanes of at least 4 members (excludes halogenated alkanes) is 3. The molecule has 1 aromatic heterocycles. The molecular weight excluding hydrogens is 419 g/mol. The summed E-state index contributed by atoms with van der Waals surface area (Å²) in [7, 11) is 0. The fraction of sp³-hybridized carbons (Fsp3) is 0.609. The molecule has 32 heavy (non-hydrogen) atoms. The number of likely N-dealkylation sites (tertiary alicyclic amines) is 1. The zero-order valence-electron chi connectivity index (χ0n) is 18.4. The number of amidine groups is 1. The number of hydrogen-bond donors (Lipinski definition) is 0. The molecule has 2 aliphatic heterocycles. The van der Waals surface area contributed by atoms with Crippen LogP contribution in [0.3, 0.4) is 0 Å². The van der Waals surface area contributed by atoms with Crippen LogP contribution in [-0.2, 0) is 12.6 Å². The summed E-state index contributed by atoms with van der Waals surface area (Å²) in [5, 5.41) is 11.2. The van der Waals surface area contributed by atoms with Gasteiger partial charge in [0.15, 0.2) is 5.82 Å². The van der Waals surface area contributed by atoms with Crippen molar-refractivity contribution in [3.8, 4) is 5.75 Å². The molecule has 174 valence electrons. The Morgan fingerprint density at radius 2 is 1.75 bits per heavy atom. The quantitative estimate of drug-likeness (QED) is 0.542. The van der Waals surface area contributed by atoms with Gasteiger partial charge in [0.05, 0.1) is 6.61 Å². The number of benzene rings is 1. The van der Waals surface area contributed by atoms with Gasteiger partial charge in [0.1, 0.15) is 11.6 Å². The van der Waals surface area contributed by atoms with Gasteiger partial charge in [-0.25, -0.2) is 0 Å². The Hall–Kier alpha value is -2.58. The van der Waals surface area contributed by atoms with Crippen molar-refractivity contribution in [1.82, 2.24) is 19.8 Å². The molecule has 9 heteroatoms. The van der Waals surface area contributed by atoms with Crippen LogP contribution in [0.25, 0.3) is 0 Å². The Morgan fingerprint density at radius 3 is 2.44 bits per heavy atom. The zero-order valence-corrected chi connectivity index (χ0v) is 18.4. The first-order valence-electron chi connectivity index (χ1n) is 11.5. The van der Waals surface area contributed by atoms with Crippen LogP contribution in [0.2, 0.25) is 0 Å². The largest absolute Gasteiger partial charge is 0.494 e. The molecule has 0 radical (unpaired) electrons. The van der Waals surface area contributed by atoms with Crippen molar-refractivity contribution in [1.29, 1.82) is 0 Å². The van der Waals surface area contributed by atoms with Crippen molar-refractivity contribution in [2.45, 2.75) is 70.4 Å². The molecule has 4 rings (SSSR count). The van der Waals surface area contributed by atoms with Gasteiger partial charge in [-0.2, -0.15) is 22.9 Å². The van der Waals surface area contributed by atoms with Gasteiger partial charge in [-0.1, -0.05) is 38.3 Å². The summed E-state index contributed by atoms with van der Waals surface area (Å²) in [6.45, 7) is 4.50. The lowest BCUT2D eigenvalue weighted by atomic mass is 9.89. The maximum Gasteiger partial charge on any atom is 0.453 e. The first kappa shape index (κ1) is 22.6. The third-order valence-electron chi connectivity index (χ3n) is 6.22. The van der Waals surface area contributed by atoms with Crippen LogP contribution in [0, 0.1) is 0 Å². The molecule has 0 unspecified atom stereocenters. The van der Waals surface area contributed by atoms with Crippen LogP contribution in [0.5, 0.6) is 5.75 Å². The third-order valence-corrected chi connectivity index (χ3v) is 6.22. The molecule has 0 spiro atoms. The van der Waals surface area contributed by atoms with E-state index in [4.69, 9.17) is 4.74 Å². The standard InChI is InChI=1S/C23H30F3N5O/c1-2-3-4-5-16-32-19-8-6-17(7-9-19)18-12-14-30(15-13-18)21-11-10-20-27-28-22(23(24,25)26)31(20)29-21/h6-9,18H,2-5,10-16H2,1H3. The zero-order chi connectivity index (χ0) is 22.6. The SMILES string of the molecule is CCCCCCOc1ccc(C2CCN(C3=Nn4c(nnc4C(F)(F)F)CC3)CC2)cc1. The minimum Gasteiger partial charge on any atom is -0.494 e. The number of hydrogen-bond acceptors (Lipinski definition) is 5. The lowest BCUT2D eigenvalue weighted by Gasteiger charge is -2.35. The second-order valence-electron chi connectivity index (χ2n) is 8.51. The first-order chi connectivity index (χ1) is 15.5. The summed E-state index contributed by atoms with van der Waals surface area (Å²) >= 11 is 0. The van der Waals surface area contributed by atoms with Crippen LogP contribution in [-0.4, -0.2) is 45.3 Å². The number of ether oxygens (including phenoxy) is 1. The number of aryl methyl sites for hydroxylation is 1. The number of alkyl halides is 3. The number of piperidine rings is 1. The summed E-state index contributed by atoms with van der Waals surface area (Å²) in [5.74, 6) is 1.25. The molecule has 2 aliphatic rings. The van der Waals surface area contributed by atoms with E-state index in [0.29, 0.717) is 24.6 Å². The second-order valence-corrected chi connectivity index (χ2v) is 8.51. The Balaban J connectivity index is 1.31. The third kappa shape index (κ3) is 5.24. The molecule has 0 bridgehead atoms. The average molecular weight is 450 g/mol. The van der Waals surface area contributed by atoms with E-state index in [2.05, 4.69) is 39.3 Å². The lowest BCUT2D eigenvalue weighted by Crippen LogP contribution is -2.40. The highest BCUT2D eigenvalue weighted by Gasteiger charge is 2.40. The summed E-state index contributed by atoms with van der Waals surface area (Å²) in [6.07, 6.45) is 3.08. The van der Waals surface area contributed by atoms with Crippen LogP contribution in [0.1, 0.15) is 75.0 Å². The fourth-order valence-electron chi connectivity index (χ4n) is 4.39. The molecule has 0 N–H and O–H groups in total. The molecule has 2 aromatic rings. The van der Waals surface area contributed by atoms with Crippen LogP contribution in [0.4, 0.5) is 13.2 Å². The van der Waals surface area contributed by atoms with Gasteiger partial charge in [-0.15, -0.1) is 10.2 Å². The topological polar surface area (TPSA) is 55.5 Å². The molecule has 6 nitrogen and oxygen atoms in total. The molecule has 1 aromatic carbocycles. The highest BCUT2D eigenvalue weighted by atomic mass is 19.4. The lowest BCUT2D eigenvalue weighted by molar-refractivity contribution is -0.147. The Labute approximate surface area is 186 Å². The number of fused-ring (bicyclic) bond motifs is 1. The van der Waals surface area contributed by atoms with Gasteiger partial charge < -0.3 is 9.64 Å². The van der Waals surface area contributed by atoms with Crippen molar-refractivity contribution < 1.29 is 17.9 Å². The molecule has 0 amide bonds. The molecule has 0 aliphatic carbocycles. The van der Waals surface area contributed by atoms with Crippen molar-refractivity contribution in [3.63, 3.8) is 0 Å². The predicted molar refractivity (Wildman–Crippen MR) is 116 cm³/mol. The molecular formula is C23H30F3N5O. The summed E-state index contributed by atoms with van der Waals surface area (Å²) in [5.41, 5.74) is 1.29. The van der Waals surface area contributed by atoms with Crippen LogP contribution < -0.4 is 4.74 Å². The van der Waals surface area contributed by atoms with Crippen LogP contribution in [0.15, 0.2) is 29.4 Å². The van der Waals surface area contributed by atoms with E-state index in [-0.39, 0.29) is 5.82 Å². The maximum absolute atomic E-state index is 13.1. The monoisotopic (exact) mass is 449 g/mol. The number of aromatic nitrogens is 3. The van der Waals surface area contributed by atoms with Crippen molar-refractivity contribution in [2.24, 2.45) is 5.10 Å². The normalized spacial score (nSPS) is 17.2. The van der Waals surface area contributed by atoms with E-state index in [0.717, 1.165) is 49.4 Å². The van der Waals surface area contributed by atoms with Gasteiger partial charge in [0, 0.05) is 25.9 Å². The fourth-order valence-corrected chi connectivity index (χ4v) is 4.39. The number of halogens is 3. The second kappa shape index (κ2) is 9.92. The smallest absolute Gasteiger partial charge is 0.453 e. The van der Waals surface area contributed by atoms with Crippen molar-refractivity contribution >= 4 is 5.84 Å². The molecule has 0 atom stereocenters. The molecule has 1 saturated heterocycles. The maximum atomic E-state index is 13.1. The summed E-state index contributed by atoms with van der Waals surface area (Å²) < 4.78 is 46.1. The van der Waals surface area contributed by atoms with E-state index in [1.807, 2.05) is 12.1 Å². The van der Waals surface area contributed by atoms with E-state index >= 15 is 0 Å².